The van der Waals surface area contributed by atoms with Gasteiger partial charge in [-0.25, -0.2) is 4.98 Å². The minimum absolute atomic E-state index is 0.0425. The number of para-hydroxylation sites is 1. The lowest BCUT2D eigenvalue weighted by Crippen LogP contribution is -2.20. The van der Waals surface area contributed by atoms with Crippen molar-refractivity contribution in [3.05, 3.63) is 52.7 Å². The number of hydrogen-bond donors (Lipinski definition) is 2. The molecular weight excluding hydrogens is 307 g/mol. The Balaban J connectivity index is 2.44. The number of rotatable bonds is 3. The average Bonchev–Trinajstić information content (AvgIpc) is 2.49. The van der Waals surface area contributed by atoms with Gasteiger partial charge in [-0.15, -0.1) is 0 Å². The highest BCUT2D eigenvalue weighted by molar-refractivity contribution is 6.06. The summed E-state index contributed by atoms with van der Waals surface area (Å²) in [7, 11) is 1.46. The molecule has 0 fully saturated rings. The highest BCUT2D eigenvalue weighted by atomic mass is 19.4. The molecule has 1 aromatic heterocycles. The van der Waals surface area contributed by atoms with E-state index in [0.29, 0.717) is 5.69 Å². The van der Waals surface area contributed by atoms with E-state index < -0.39 is 23.2 Å². The summed E-state index contributed by atoms with van der Waals surface area (Å²) >= 11 is 0. The molecule has 1 heterocycles. The van der Waals surface area contributed by atoms with E-state index >= 15 is 0 Å². The van der Waals surface area contributed by atoms with Gasteiger partial charge in [-0.2, -0.15) is 13.2 Å². The molecule has 122 valence electrons. The van der Waals surface area contributed by atoms with E-state index in [9.17, 15) is 18.0 Å². The van der Waals surface area contributed by atoms with E-state index in [4.69, 9.17) is 0 Å². The van der Waals surface area contributed by atoms with E-state index in [1.165, 1.54) is 7.05 Å². The van der Waals surface area contributed by atoms with Crippen molar-refractivity contribution in [3.8, 4) is 0 Å². The lowest BCUT2D eigenvalue weighted by atomic mass is 10.1. The van der Waals surface area contributed by atoms with Gasteiger partial charge in [0.1, 0.15) is 5.82 Å². The Morgan fingerprint density at radius 3 is 2.30 bits per heavy atom. The predicted molar refractivity (Wildman–Crippen MR) is 82.7 cm³/mol. The van der Waals surface area contributed by atoms with Crippen LogP contribution >= 0.6 is 0 Å². The molecule has 0 aliphatic heterocycles. The Morgan fingerprint density at radius 1 is 1.17 bits per heavy atom. The zero-order valence-electron chi connectivity index (χ0n) is 12.9. The molecule has 1 amide bonds. The molecule has 0 aliphatic rings. The summed E-state index contributed by atoms with van der Waals surface area (Å²) in [5.74, 6) is -0.800. The first-order chi connectivity index (χ1) is 10.7. The van der Waals surface area contributed by atoms with Crippen LogP contribution in [0.2, 0.25) is 0 Å². The first kappa shape index (κ1) is 16.8. The Bertz CT molecular complexity index is 722. The number of aryl methyl sites for hydroxylation is 2. The van der Waals surface area contributed by atoms with Crippen molar-refractivity contribution in [2.75, 3.05) is 17.7 Å². The number of carbonyl (C=O) groups excluding carboxylic acids is 1. The molecule has 2 N–H and O–H groups in total. The van der Waals surface area contributed by atoms with E-state index in [-0.39, 0.29) is 5.82 Å². The molecule has 0 unspecified atom stereocenters. The van der Waals surface area contributed by atoms with Crippen LogP contribution in [0, 0.1) is 13.8 Å². The number of hydrogen-bond acceptors (Lipinski definition) is 3. The highest BCUT2D eigenvalue weighted by Crippen LogP contribution is 2.33. The molecule has 0 radical (unpaired) electrons. The molecule has 0 bridgehead atoms. The zero-order valence-corrected chi connectivity index (χ0v) is 12.9. The van der Waals surface area contributed by atoms with Crippen LogP contribution in [0.3, 0.4) is 0 Å². The topological polar surface area (TPSA) is 54.0 Å². The summed E-state index contributed by atoms with van der Waals surface area (Å²) < 4.78 is 39.6. The maximum atomic E-state index is 13.2. The highest BCUT2D eigenvalue weighted by Gasteiger charge is 2.36. The van der Waals surface area contributed by atoms with Gasteiger partial charge in [0, 0.05) is 18.9 Å². The Kier molecular flexibility index (Phi) is 4.58. The molecule has 0 aliphatic carbocycles. The van der Waals surface area contributed by atoms with Crippen LogP contribution in [0.1, 0.15) is 27.0 Å². The number of alkyl halides is 3. The van der Waals surface area contributed by atoms with Crippen LogP contribution in [0.5, 0.6) is 0 Å². The summed E-state index contributed by atoms with van der Waals surface area (Å²) in [6.07, 6.45) is -3.72. The largest absolute Gasteiger partial charge is 0.417 e. The first-order valence-corrected chi connectivity index (χ1v) is 6.86. The van der Waals surface area contributed by atoms with E-state index in [0.717, 1.165) is 23.4 Å². The van der Waals surface area contributed by atoms with Crippen LogP contribution < -0.4 is 10.6 Å². The summed E-state index contributed by atoms with van der Waals surface area (Å²) in [5, 5.41) is 5.08. The van der Waals surface area contributed by atoms with Gasteiger partial charge in [-0.3, -0.25) is 4.79 Å². The predicted octanol–water partition coefficient (Wildman–Crippen LogP) is 4.01. The minimum atomic E-state index is -4.65. The summed E-state index contributed by atoms with van der Waals surface area (Å²) in [4.78, 5) is 16.1. The van der Waals surface area contributed by atoms with Crippen molar-refractivity contribution in [1.82, 2.24) is 4.98 Å². The van der Waals surface area contributed by atoms with Crippen LogP contribution in [0.4, 0.5) is 24.7 Å². The molecule has 2 rings (SSSR count). The van der Waals surface area contributed by atoms with Crippen molar-refractivity contribution < 1.29 is 18.0 Å². The molecular formula is C16H16F3N3O. The van der Waals surface area contributed by atoms with Crippen LogP contribution in [0.25, 0.3) is 0 Å². The molecule has 23 heavy (non-hydrogen) atoms. The van der Waals surface area contributed by atoms with Gasteiger partial charge in [-0.05, 0) is 31.0 Å². The van der Waals surface area contributed by atoms with Crippen molar-refractivity contribution >= 4 is 17.4 Å². The SMILES string of the molecule is CNc1cc(C(F)(F)F)c(C(=O)Nc2c(C)cccc2C)cn1. The second-order valence-corrected chi connectivity index (χ2v) is 5.08. The van der Waals surface area contributed by atoms with Crippen LogP contribution in [-0.4, -0.2) is 17.9 Å². The fourth-order valence-corrected chi connectivity index (χ4v) is 2.20. The van der Waals surface area contributed by atoms with Crippen molar-refractivity contribution in [3.63, 3.8) is 0 Å². The molecule has 2 aromatic rings. The van der Waals surface area contributed by atoms with Crippen molar-refractivity contribution in [2.24, 2.45) is 0 Å². The number of halogens is 3. The quantitative estimate of drug-likeness (QED) is 0.897. The van der Waals surface area contributed by atoms with Gasteiger partial charge >= 0.3 is 6.18 Å². The molecule has 0 atom stereocenters. The first-order valence-electron chi connectivity index (χ1n) is 6.86. The third-order valence-electron chi connectivity index (χ3n) is 3.43. The van der Waals surface area contributed by atoms with Gasteiger partial charge in [0.25, 0.3) is 5.91 Å². The summed E-state index contributed by atoms with van der Waals surface area (Å²) in [6, 6.07) is 6.18. The summed E-state index contributed by atoms with van der Waals surface area (Å²) in [5.41, 5.74) is 0.501. The van der Waals surface area contributed by atoms with E-state index in [1.54, 1.807) is 26.0 Å². The number of carbonyl (C=O) groups is 1. The Labute approximate surface area is 131 Å². The van der Waals surface area contributed by atoms with Gasteiger partial charge in [0.05, 0.1) is 11.1 Å². The van der Waals surface area contributed by atoms with E-state index in [2.05, 4.69) is 15.6 Å². The third-order valence-corrected chi connectivity index (χ3v) is 3.43. The van der Waals surface area contributed by atoms with Crippen molar-refractivity contribution in [1.29, 1.82) is 0 Å². The van der Waals surface area contributed by atoms with Gasteiger partial charge in [-0.1, -0.05) is 18.2 Å². The number of benzene rings is 1. The number of nitrogens with one attached hydrogen (secondary N) is 2. The smallest absolute Gasteiger partial charge is 0.373 e. The Hall–Kier alpha value is -2.57. The summed E-state index contributed by atoms with van der Waals surface area (Å²) in [6.45, 7) is 3.55. The normalized spacial score (nSPS) is 11.2. The maximum Gasteiger partial charge on any atom is 0.417 e. The van der Waals surface area contributed by atoms with Crippen LogP contribution in [0.15, 0.2) is 30.5 Å². The second-order valence-electron chi connectivity index (χ2n) is 5.08. The number of nitrogens with zero attached hydrogens (tertiary/aromatic N) is 1. The third kappa shape index (κ3) is 3.61. The molecule has 0 saturated heterocycles. The number of anilines is 2. The van der Waals surface area contributed by atoms with Gasteiger partial charge < -0.3 is 10.6 Å². The van der Waals surface area contributed by atoms with Crippen molar-refractivity contribution in [2.45, 2.75) is 20.0 Å². The lowest BCUT2D eigenvalue weighted by Gasteiger charge is -2.15. The molecule has 4 nitrogen and oxygen atoms in total. The monoisotopic (exact) mass is 323 g/mol. The number of aromatic nitrogens is 1. The minimum Gasteiger partial charge on any atom is -0.373 e. The second kappa shape index (κ2) is 6.28. The van der Waals surface area contributed by atoms with Gasteiger partial charge in [0.2, 0.25) is 0 Å². The number of amides is 1. The molecule has 0 spiro atoms. The fraction of sp³-hybridized carbons (Fsp3) is 0.250. The molecule has 0 saturated carbocycles. The zero-order chi connectivity index (χ0) is 17.2. The standard InChI is InChI=1S/C16H16F3N3O/c1-9-5-4-6-10(2)14(9)22-15(23)11-8-21-13(20-3)7-12(11)16(17,18)19/h4-8H,1-3H3,(H,20,21)(H,22,23). The molecule has 1 aromatic carbocycles. The van der Waals surface area contributed by atoms with Crippen LogP contribution in [-0.2, 0) is 6.18 Å². The van der Waals surface area contributed by atoms with Gasteiger partial charge in [0.15, 0.2) is 0 Å². The lowest BCUT2D eigenvalue weighted by molar-refractivity contribution is -0.137. The molecule has 7 heteroatoms. The number of pyridine rings is 1. The fourth-order valence-electron chi connectivity index (χ4n) is 2.20. The van der Waals surface area contributed by atoms with E-state index in [1.807, 2.05) is 6.07 Å². The Morgan fingerprint density at radius 2 is 1.78 bits per heavy atom. The maximum absolute atomic E-state index is 13.2. The average molecular weight is 323 g/mol.